The molecule has 1 aromatic carbocycles. The Balaban J connectivity index is 1.77. The molecule has 1 aliphatic rings. The van der Waals surface area contributed by atoms with Crippen molar-refractivity contribution < 1.29 is 18.7 Å². The second kappa shape index (κ2) is 10.6. The molecule has 1 fully saturated rings. The highest BCUT2D eigenvalue weighted by atomic mass is 19.1. The minimum absolute atomic E-state index is 0.0426. The van der Waals surface area contributed by atoms with Crippen LogP contribution in [0.15, 0.2) is 18.2 Å². The minimum atomic E-state index is -0.503. The Morgan fingerprint density at radius 3 is 2.37 bits per heavy atom. The van der Waals surface area contributed by atoms with Gasteiger partial charge in [0.1, 0.15) is 11.4 Å². The van der Waals surface area contributed by atoms with Crippen molar-refractivity contribution in [2.75, 3.05) is 31.1 Å². The molecular formula is C23H36FN3O3. The number of likely N-dealkylation sites (tertiary alicyclic amines) is 1. The van der Waals surface area contributed by atoms with Crippen LogP contribution in [-0.4, -0.2) is 48.7 Å². The van der Waals surface area contributed by atoms with Crippen molar-refractivity contribution in [3.63, 3.8) is 0 Å². The van der Waals surface area contributed by atoms with Crippen LogP contribution in [0, 0.1) is 11.7 Å². The van der Waals surface area contributed by atoms with Gasteiger partial charge in [-0.25, -0.2) is 9.18 Å². The third kappa shape index (κ3) is 7.18. The second-order valence-electron chi connectivity index (χ2n) is 8.85. The maximum atomic E-state index is 14.4. The number of rotatable bonds is 7. The van der Waals surface area contributed by atoms with Gasteiger partial charge in [-0.15, -0.1) is 0 Å². The number of nitrogens with zero attached hydrogens (tertiary/aromatic N) is 2. The number of hydrogen-bond donors (Lipinski definition) is 1. The lowest BCUT2D eigenvalue weighted by Crippen LogP contribution is -2.42. The fraction of sp³-hybridized carbons (Fsp3) is 0.652. The maximum Gasteiger partial charge on any atom is 0.410 e. The number of anilines is 1. The lowest BCUT2D eigenvalue weighted by Gasteiger charge is -2.33. The van der Waals surface area contributed by atoms with E-state index in [1.54, 1.807) is 11.0 Å². The van der Waals surface area contributed by atoms with E-state index in [1.165, 1.54) is 6.07 Å². The number of nitrogens with one attached hydrogen (secondary N) is 1. The van der Waals surface area contributed by atoms with Crippen molar-refractivity contribution in [3.8, 4) is 0 Å². The molecule has 1 aromatic rings. The average Bonchev–Trinajstić information content (AvgIpc) is 2.68. The van der Waals surface area contributed by atoms with Gasteiger partial charge in [0, 0.05) is 39.1 Å². The quantitative estimate of drug-likeness (QED) is 0.712. The van der Waals surface area contributed by atoms with E-state index in [9.17, 15) is 14.0 Å². The summed E-state index contributed by atoms with van der Waals surface area (Å²) >= 11 is 0. The summed E-state index contributed by atoms with van der Waals surface area (Å²) in [7, 11) is 0. The van der Waals surface area contributed by atoms with Crippen molar-refractivity contribution in [2.45, 2.75) is 66.0 Å². The Kier molecular flexibility index (Phi) is 8.50. The molecule has 0 spiro atoms. The van der Waals surface area contributed by atoms with E-state index in [0.29, 0.717) is 31.7 Å². The van der Waals surface area contributed by atoms with Gasteiger partial charge >= 0.3 is 6.09 Å². The SMILES string of the molecule is CCN(CC)c1ccc(CNC(=O)CC2CCN(C(=O)OC(C)(C)C)CC2)cc1F. The molecule has 0 unspecified atom stereocenters. The fourth-order valence-corrected chi connectivity index (χ4v) is 3.66. The molecular weight excluding hydrogens is 385 g/mol. The number of carbonyl (C=O) groups is 2. The Morgan fingerprint density at radius 2 is 1.83 bits per heavy atom. The van der Waals surface area contributed by atoms with Crippen LogP contribution in [0.25, 0.3) is 0 Å². The number of ether oxygens (including phenoxy) is 1. The van der Waals surface area contributed by atoms with E-state index >= 15 is 0 Å². The smallest absolute Gasteiger partial charge is 0.410 e. The highest BCUT2D eigenvalue weighted by Gasteiger charge is 2.27. The number of benzene rings is 1. The van der Waals surface area contributed by atoms with Gasteiger partial charge in [-0.1, -0.05) is 6.07 Å². The predicted octanol–water partition coefficient (Wildman–Crippen LogP) is 4.33. The van der Waals surface area contributed by atoms with Crippen LogP contribution in [0.2, 0.25) is 0 Å². The largest absolute Gasteiger partial charge is 0.444 e. The summed E-state index contributed by atoms with van der Waals surface area (Å²) in [4.78, 5) is 28.1. The summed E-state index contributed by atoms with van der Waals surface area (Å²) < 4.78 is 19.8. The number of hydrogen-bond acceptors (Lipinski definition) is 4. The average molecular weight is 422 g/mol. The zero-order valence-corrected chi connectivity index (χ0v) is 19.0. The molecule has 0 radical (unpaired) electrons. The molecule has 30 heavy (non-hydrogen) atoms. The Hall–Kier alpha value is -2.31. The first-order chi connectivity index (χ1) is 14.1. The normalized spacial score (nSPS) is 15.1. The van der Waals surface area contributed by atoms with Crippen LogP contribution in [0.1, 0.15) is 59.4 Å². The van der Waals surface area contributed by atoms with E-state index in [1.807, 2.05) is 45.6 Å². The zero-order valence-electron chi connectivity index (χ0n) is 19.0. The highest BCUT2D eigenvalue weighted by Crippen LogP contribution is 2.23. The summed E-state index contributed by atoms with van der Waals surface area (Å²) in [6, 6.07) is 5.12. The molecule has 2 amide bonds. The predicted molar refractivity (Wildman–Crippen MR) is 117 cm³/mol. The standard InChI is InChI=1S/C23H36FN3O3/c1-6-26(7-2)20-9-8-18(14-19(20)24)16-25-21(28)15-17-10-12-27(13-11-17)22(29)30-23(3,4)5/h8-9,14,17H,6-7,10-13,15-16H2,1-5H3,(H,25,28). The van der Waals surface area contributed by atoms with Gasteiger partial charge < -0.3 is 19.9 Å². The number of piperidine rings is 1. The number of carbonyl (C=O) groups excluding carboxylic acids is 2. The van der Waals surface area contributed by atoms with Crippen molar-refractivity contribution in [2.24, 2.45) is 5.92 Å². The van der Waals surface area contributed by atoms with E-state index in [2.05, 4.69) is 5.32 Å². The van der Waals surface area contributed by atoms with Crippen LogP contribution >= 0.6 is 0 Å². The lowest BCUT2D eigenvalue weighted by molar-refractivity contribution is -0.122. The van der Waals surface area contributed by atoms with Gasteiger partial charge in [0.25, 0.3) is 0 Å². The Bertz CT molecular complexity index is 721. The van der Waals surface area contributed by atoms with Crippen molar-refractivity contribution in [1.29, 1.82) is 0 Å². The molecule has 168 valence electrons. The molecule has 6 nitrogen and oxygen atoms in total. The van der Waals surface area contributed by atoms with Gasteiger partial charge in [0.15, 0.2) is 0 Å². The van der Waals surface area contributed by atoms with Gasteiger partial charge in [-0.05, 0) is 71.1 Å². The topological polar surface area (TPSA) is 61.9 Å². The van der Waals surface area contributed by atoms with Gasteiger partial charge in [0.2, 0.25) is 5.91 Å². The Morgan fingerprint density at radius 1 is 1.20 bits per heavy atom. The molecule has 7 heteroatoms. The molecule has 1 N–H and O–H groups in total. The number of amides is 2. The fourth-order valence-electron chi connectivity index (χ4n) is 3.66. The van der Waals surface area contributed by atoms with Crippen LogP contribution in [-0.2, 0) is 16.1 Å². The van der Waals surface area contributed by atoms with E-state index < -0.39 is 5.60 Å². The Labute approximate surface area is 179 Å². The summed E-state index contributed by atoms with van der Waals surface area (Å²) in [6.07, 6.45) is 1.68. The lowest BCUT2D eigenvalue weighted by atomic mass is 9.93. The molecule has 1 aliphatic heterocycles. The van der Waals surface area contributed by atoms with E-state index in [0.717, 1.165) is 31.5 Å². The van der Waals surface area contributed by atoms with Crippen molar-refractivity contribution >= 4 is 17.7 Å². The van der Waals surface area contributed by atoms with Crippen LogP contribution < -0.4 is 10.2 Å². The summed E-state index contributed by atoms with van der Waals surface area (Å²) in [5.74, 6) is -0.0654. The van der Waals surface area contributed by atoms with Crippen LogP contribution in [0.5, 0.6) is 0 Å². The zero-order chi connectivity index (χ0) is 22.3. The van der Waals surface area contributed by atoms with Gasteiger partial charge in [-0.2, -0.15) is 0 Å². The summed E-state index contributed by atoms with van der Waals surface area (Å²) in [6.45, 7) is 12.6. The molecule has 0 aromatic heterocycles. The second-order valence-corrected chi connectivity index (χ2v) is 8.85. The highest BCUT2D eigenvalue weighted by molar-refractivity contribution is 5.76. The van der Waals surface area contributed by atoms with Gasteiger partial charge in [0.05, 0.1) is 5.69 Å². The molecule has 1 heterocycles. The first-order valence-electron chi connectivity index (χ1n) is 10.9. The van der Waals surface area contributed by atoms with E-state index in [-0.39, 0.29) is 23.7 Å². The molecule has 0 aliphatic carbocycles. The van der Waals surface area contributed by atoms with Crippen LogP contribution in [0.3, 0.4) is 0 Å². The summed E-state index contributed by atoms with van der Waals surface area (Å²) in [5.41, 5.74) is 0.833. The molecule has 1 saturated heterocycles. The van der Waals surface area contributed by atoms with Crippen molar-refractivity contribution in [1.82, 2.24) is 10.2 Å². The van der Waals surface area contributed by atoms with Crippen LogP contribution in [0.4, 0.5) is 14.9 Å². The first-order valence-corrected chi connectivity index (χ1v) is 10.9. The first kappa shape index (κ1) is 24.0. The molecule has 0 atom stereocenters. The van der Waals surface area contributed by atoms with Gasteiger partial charge in [-0.3, -0.25) is 4.79 Å². The molecule has 0 saturated carbocycles. The maximum absolute atomic E-state index is 14.4. The number of halogens is 1. The third-order valence-electron chi connectivity index (χ3n) is 5.35. The van der Waals surface area contributed by atoms with Crippen molar-refractivity contribution in [3.05, 3.63) is 29.6 Å². The van der Waals surface area contributed by atoms with E-state index in [4.69, 9.17) is 4.74 Å². The monoisotopic (exact) mass is 421 g/mol. The minimum Gasteiger partial charge on any atom is -0.444 e. The molecule has 0 bridgehead atoms. The summed E-state index contributed by atoms with van der Waals surface area (Å²) in [5, 5.41) is 2.89. The third-order valence-corrected chi connectivity index (χ3v) is 5.35. The molecule has 2 rings (SSSR count).